The van der Waals surface area contributed by atoms with Crippen LogP contribution < -0.4 is 5.73 Å². The Balaban J connectivity index is 1.84. The van der Waals surface area contributed by atoms with Crippen molar-refractivity contribution < 1.29 is 33.9 Å². The highest BCUT2D eigenvalue weighted by atomic mass is 32.1. The molecular weight excluding hydrogens is 558 g/mol. The Morgan fingerprint density at radius 3 is 2.00 bits per heavy atom. The first-order chi connectivity index (χ1) is 19.8. The summed E-state index contributed by atoms with van der Waals surface area (Å²) in [7, 11) is 0. The molecule has 3 rings (SSSR count). The van der Waals surface area contributed by atoms with Crippen LogP contribution in [0.2, 0.25) is 0 Å². The zero-order valence-corrected chi connectivity index (χ0v) is 24.9. The topological polar surface area (TPSA) is 155 Å². The lowest BCUT2D eigenvalue weighted by Crippen LogP contribution is -2.61. The van der Waals surface area contributed by atoms with E-state index < -0.39 is 52.2 Å². The van der Waals surface area contributed by atoms with E-state index in [1.54, 1.807) is 54.6 Å². The number of unbranched alkanes of at least 4 members (excludes halogenated alkanes) is 1. The largest absolute Gasteiger partial charge is 0.480 e. The molecule has 0 saturated carbocycles. The predicted octanol–water partition coefficient (Wildman–Crippen LogP) is 3.14. The van der Waals surface area contributed by atoms with Crippen LogP contribution in [0.5, 0.6) is 0 Å². The fourth-order valence-corrected chi connectivity index (χ4v) is 5.30. The number of carboxylic acids is 1. The van der Waals surface area contributed by atoms with Crippen molar-refractivity contribution in [2.45, 2.75) is 69.7 Å². The smallest absolute Gasteiger partial charge is 0.327 e. The summed E-state index contributed by atoms with van der Waals surface area (Å²) in [6.07, 6.45) is 0.276. The van der Waals surface area contributed by atoms with Crippen LogP contribution >= 0.6 is 12.6 Å². The van der Waals surface area contributed by atoms with E-state index in [9.17, 15) is 33.9 Å². The second kappa shape index (κ2) is 13.9. The van der Waals surface area contributed by atoms with Gasteiger partial charge in [0.2, 0.25) is 5.91 Å². The molecule has 0 bridgehead atoms. The molecule has 4 amide bonds. The molecule has 0 saturated heterocycles. The summed E-state index contributed by atoms with van der Waals surface area (Å²) in [4.78, 5) is 80.1. The second-order valence-corrected chi connectivity index (χ2v) is 11.7. The maximum absolute atomic E-state index is 14.0. The highest BCUT2D eigenvalue weighted by Gasteiger charge is 2.48. The Morgan fingerprint density at radius 2 is 1.50 bits per heavy atom. The van der Waals surface area contributed by atoms with E-state index in [-0.39, 0.29) is 44.6 Å². The maximum atomic E-state index is 14.0. The zero-order chi connectivity index (χ0) is 31.2. The molecule has 0 aliphatic carbocycles. The minimum atomic E-state index is -2.04. The number of aliphatic carboxylic acids is 1. The number of fused-ring (bicyclic) bond motifs is 1. The average Bonchev–Trinajstić information content (AvgIpc) is 3.19. The van der Waals surface area contributed by atoms with E-state index in [2.05, 4.69) is 12.6 Å². The summed E-state index contributed by atoms with van der Waals surface area (Å²) in [5, 5.41) is 10.2. The van der Waals surface area contributed by atoms with Crippen LogP contribution in [0.3, 0.4) is 0 Å². The summed E-state index contributed by atoms with van der Waals surface area (Å²) >= 11 is 4.45. The molecular formula is C31H37N3O7S. The van der Waals surface area contributed by atoms with E-state index in [1.165, 1.54) is 0 Å². The van der Waals surface area contributed by atoms with Crippen LogP contribution in [0.1, 0.15) is 72.7 Å². The number of imide groups is 2. The third-order valence-corrected chi connectivity index (χ3v) is 8.08. The first-order valence-electron chi connectivity index (χ1n) is 13.9. The lowest BCUT2D eigenvalue weighted by atomic mass is 9.92. The van der Waals surface area contributed by atoms with Gasteiger partial charge in [0.1, 0.15) is 6.04 Å². The van der Waals surface area contributed by atoms with Crippen LogP contribution in [-0.2, 0) is 25.6 Å². The van der Waals surface area contributed by atoms with Gasteiger partial charge in [-0.1, -0.05) is 56.3 Å². The molecule has 10 nitrogen and oxygen atoms in total. The predicted molar refractivity (Wildman–Crippen MR) is 159 cm³/mol. The SMILES string of the molecule is CC(=O)C(S)(CCCCN1C(=O)c2ccccc2C1=O)C(=O)N(C(=O)C(N)CC(C)C)C(Cc1ccccc1)C(=O)O. The van der Waals surface area contributed by atoms with Crippen LogP contribution in [-0.4, -0.2) is 73.7 Å². The van der Waals surface area contributed by atoms with Crippen LogP contribution in [0.4, 0.5) is 0 Å². The van der Waals surface area contributed by atoms with Crippen molar-refractivity contribution in [2.75, 3.05) is 6.54 Å². The number of nitrogens with zero attached hydrogens (tertiary/aromatic N) is 2. The Kier molecular flexibility index (Phi) is 10.8. The minimum Gasteiger partial charge on any atom is -0.480 e. The van der Waals surface area contributed by atoms with Crippen molar-refractivity contribution in [2.24, 2.45) is 11.7 Å². The molecule has 0 radical (unpaired) electrons. The molecule has 3 atom stereocenters. The molecule has 0 fully saturated rings. The number of hydrogen-bond acceptors (Lipinski definition) is 8. The van der Waals surface area contributed by atoms with Crippen LogP contribution in [0.15, 0.2) is 54.6 Å². The van der Waals surface area contributed by atoms with E-state index in [0.29, 0.717) is 21.6 Å². The molecule has 42 heavy (non-hydrogen) atoms. The number of carbonyl (C=O) groups excluding carboxylic acids is 5. The number of benzene rings is 2. The van der Waals surface area contributed by atoms with E-state index >= 15 is 0 Å². The normalized spacial score (nSPS) is 15.6. The lowest BCUT2D eigenvalue weighted by molar-refractivity contribution is -0.160. The minimum absolute atomic E-state index is 0.0194. The number of amides is 4. The molecule has 3 unspecified atom stereocenters. The third-order valence-electron chi connectivity index (χ3n) is 7.35. The number of Topliss-reactive ketones (excluding diaryl/α,β-unsaturated/α-hetero) is 1. The molecule has 0 spiro atoms. The van der Waals surface area contributed by atoms with Crippen molar-refractivity contribution in [3.8, 4) is 0 Å². The summed E-state index contributed by atoms with van der Waals surface area (Å²) in [6, 6.07) is 12.2. The zero-order valence-electron chi connectivity index (χ0n) is 24.0. The van der Waals surface area contributed by atoms with Gasteiger partial charge in [0, 0.05) is 13.0 Å². The number of thiol groups is 1. The summed E-state index contributed by atoms with van der Waals surface area (Å²) in [5.74, 6) is -4.92. The highest BCUT2D eigenvalue weighted by molar-refractivity contribution is 7.83. The third kappa shape index (κ3) is 7.14. The van der Waals surface area contributed by atoms with Crippen LogP contribution in [0.25, 0.3) is 0 Å². The number of carbonyl (C=O) groups is 6. The van der Waals surface area contributed by atoms with Gasteiger partial charge in [0.25, 0.3) is 17.7 Å². The van der Waals surface area contributed by atoms with Crippen molar-refractivity contribution in [3.05, 3.63) is 71.3 Å². The quantitative estimate of drug-likeness (QED) is 0.130. The van der Waals surface area contributed by atoms with Gasteiger partial charge in [-0.05, 0) is 56.2 Å². The van der Waals surface area contributed by atoms with Gasteiger partial charge in [0.15, 0.2) is 10.5 Å². The summed E-state index contributed by atoms with van der Waals surface area (Å²) < 4.78 is -2.04. The van der Waals surface area contributed by atoms with Gasteiger partial charge in [-0.3, -0.25) is 33.8 Å². The number of hydrogen-bond donors (Lipinski definition) is 3. The van der Waals surface area contributed by atoms with E-state index in [0.717, 1.165) is 11.8 Å². The Labute approximate surface area is 250 Å². The molecule has 2 aromatic carbocycles. The Bertz CT molecular complexity index is 1330. The Morgan fingerprint density at radius 1 is 0.952 bits per heavy atom. The molecule has 224 valence electrons. The van der Waals surface area contributed by atoms with Crippen molar-refractivity contribution in [3.63, 3.8) is 0 Å². The van der Waals surface area contributed by atoms with E-state index in [1.807, 2.05) is 13.8 Å². The van der Waals surface area contributed by atoms with Gasteiger partial charge < -0.3 is 10.8 Å². The second-order valence-electron chi connectivity index (χ2n) is 11.0. The first-order valence-corrected chi connectivity index (χ1v) is 14.3. The van der Waals surface area contributed by atoms with Gasteiger partial charge in [-0.15, -0.1) is 0 Å². The maximum Gasteiger partial charge on any atom is 0.327 e. The fraction of sp³-hybridized carbons (Fsp3) is 0.419. The molecule has 2 aromatic rings. The molecule has 11 heteroatoms. The van der Waals surface area contributed by atoms with Crippen molar-refractivity contribution in [1.82, 2.24) is 9.80 Å². The van der Waals surface area contributed by atoms with Gasteiger partial charge in [0.05, 0.1) is 17.2 Å². The van der Waals surface area contributed by atoms with Gasteiger partial charge >= 0.3 is 5.97 Å². The number of ketones is 1. The molecule has 1 aliphatic rings. The fourth-order valence-electron chi connectivity index (χ4n) is 5.03. The van der Waals surface area contributed by atoms with Crippen molar-refractivity contribution in [1.29, 1.82) is 0 Å². The first kappa shape index (κ1) is 32.7. The lowest BCUT2D eigenvalue weighted by Gasteiger charge is -2.36. The Hall–Kier alpha value is -3.83. The standard InChI is InChI=1S/C31H37N3O7S/c1-19(2)17-24(32)28(38)34(25(29(39)40)18-21-11-5-4-6-12-21)30(41)31(42,20(3)35)15-9-10-16-33-26(36)22-13-7-8-14-23(22)27(33)37/h4-8,11-14,19,24-25,42H,9-10,15-18,32H2,1-3H3,(H,39,40). The van der Waals surface area contributed by atoms with Gasteiger partial charge in [-0.2, -0.15) is 12.6 Å². The van der Waals surface area contributed by atoms with Crippen LogP contribution in [0, 0.1) is 5.92 Å². The number of rotatable bonds is 14. The molecule has 3 N–H and O–H groups in total. The average molecular weight is 596 g/mol. The molecule has 1 aliphatic heterocycles. The number of carboxylic acid groups (broad SMARTS) is 1. The molecule has 1 heterocycles. The summed E-state index contributed by atoms with van der Waals surface area (Å²) in [6.45, 7) is 4.88. The van der Waals surface area contributed by atoms with Crippen molar-refractivity contribution >= 4 is 48.0 Å². The van der Waals surface area contributed by atoms with Gasteiger partial charge in [-0.25, -0.2) is 4.79 Å². The molecule has 0 aromatic heterocycles. The highest BCUT2D eigenvalue weighted by Crippen LogP contribution is 2.30. The number of nitrogens with two attached hydrogens (primary N) is 1. The van der Waals surface area contributed by atoms with E-state index in [4.69, 9.17) is 5.73 Å². The monoisotopic (exact) mass is 595 g/mol. The summed E-state index contributed by atoms with van der Waals surface area (Å²) in [5.41, 5.74) is 7.35.